The van der Waals surface area contributed by atoms with Crippen LogP contribution in [0.15, 0.2) is 12.2 Å². The van der Waals surface area contributed by atoms with Crippen molar-refractivity contribution in [2.45, 2.75) is 63.5 Å². The summed E-state index contributed by atoms with van der Waals surface area (Å²) in [6, 6.07) is 0. The molecule has 1 aliphatic carbocycles. The molecule has 1 aliphatic rings. The first-order valence-corrected chi connectivity index (χ1v) is 6.66. The lowest BCUT2D eigenvalue weighted by molar-refractivity contribution is -0.276. The quantitative estimate of drug-likeness (QED) is 0.626. The van der Waals surface area contributed by atoms with Gasteiger partial charge in [0.25, 0.3) is 0 Å². The van der Waals surface area contributed by atoms with Crippen LogP contribution in [0.5, 0.6) is 0 Å². The smallest absolute Gasteiger partial charge is 0.419 e. The number of carbonyl (C=O) groups excluding carboxylic acids is 1. The second-order valence-electron chi connectivity index (χ2n) is 6.06. The van der Waals surface area contributed by atoms with E-state index in [1.165, 1.54) is 6.92 Å². The Kier molecular flexibility index (Phi) is 5.10. The second-order valence-corrected chi connectivity index (χ2v) is 6.06. The Morgan fingerprint density at radius 3 is 2.52 bits per heavy atom. The average molecular weight is 310 g/mol. The van der Waals surface area contributed by atoms with Crippen LogP contribution in [-0.2, 0) is 14.3 Å². The van der Waals surface area contributed by atoms with E-state index < -0.39 is 36.1 Å². The summed E-state index contributed by atoms with van der Waals surface area (Å²) in [6.07, 6.45) is -3.91. The Bertz CT molecular complexity index is 417. The highest BCUT2D eigenvalue weighted by Crippen LogP contribution is 2.37. The molecule has 0 amide bonds. The van der Waals surface area contributed by atoms with Crippen LogP contribution in [0.25, 0.3) is 0 Å². The topological polar surface area (TPSA) is 55.8 Å². The van der Waals surface area contributed by atoms with Gasteiger partial charge < -0.3 is 14.6 Å². The zero-order valence-corrected chi connectivity index (χ0v) is 12.4. The van der Waals surface area contributed by atoms with E-state index in [9.17, 15) is 23.1 Å². The maximum atomic E-state index is 12.6. The fourth-order valence-corrected chi connectivity index (χ4v) is 2.03. The Hall–Kier alpha value is -1.08. The predicted molar refractivity (Wildman–Crippen MR) is 69.6 cm³/mol. The Labute approximate surface area is 121 Å². The van der Waals surface area contributed by atoms with E-state index >= 15 is 0 Å². The molecule has 0 aromatic rings. The van der Waals surface area contributed by atoms with Crippen molar-refractivity contribution in [3.8, 4) is 0 Å². The third kappa shape index (κ3) is 4.71. The van der Waals surface area contributed by atoms with Crippen LogP contribution < -0.4 is 0 Å². The SMILES string of the molecule is C=C(C)C(=O)OC1CCC(C)(OCC(C)(O)C(F)(F)F)C1. The van der Waals surface area contributed by atoms with Crippen LogP contribution in [0.4, 0.5) is 13.2 Å². The van der Waals surface area contributed by atoms with Crippen molar-refractivity contribution in [3.05, 3.63) is 12.2 Å². The van der Waals surface area contributed by atoms with E-state index in [0.29, 0.717) is 26.2 Å². The van der Waals surface area contributed by atoms with Crippen molar-refractivity contribution < 1.29 is 32.5 Å². The molecule has 122 valence electrons. The molecular weight excluding hydrogens is 289 g/mol. The number of ether oxygens (including phenoxy) is 2. The molecule has 1 N–H and O–H groups in total. The Morgan fingerprint density at radius 1 is 1.48 bits per heavy atom. The molecule has 0 aromatic heterocycles. The molecule has 1 saturated carbocycles. The summed E-state index contributed by atoms with van der Waals surface area (Å²) in [4.78, 5) is 11.4. The van der Waals surface area contributed by atoms with Crippen molar-refractivity contribution in [3.63, 3.8) is 0 Å². The molecule has 3 unspecified atom stereocenters. The van der Waals surface area contributed by atoms with Crippen LogP contribution >= 0.6 is 0 Å². The van der Waals surface area contributed by atoms with E-state index in [4.69, 9.17) is 9.47 Å². The molecule has 4 nitrogen and oxygen atoms in total. The van der Waals surface area contributed by atoms with Crippen molar-refractivity contribution >= 4 is 5.97 Å². The second kappa shape index (κ2) is 5.96. The first-order chi connectivity index (χ1) is 9.36. The predicted octanol–water partition coefficient (Wildman–Crippen LogP) is 2.75. The van der Waals surface area contributed by atoms with Crippen molar-refractivity contribution in [1.82, 2.24) is 0 Å². The van der Waals surface area contributed by atoms with E-state index in [2.05, 4.69) is 6.58 Å². The molecule has 7 heteroatoms. The zero-order valence-electron chi connectivity index (χ0n) is 12.4. The van der Waals surface area contributed by atoms with Crippen molar-refractivity contribution in [2.75, 3.05) is 6.61 Å². The van der Waals surface area contributed by atoms with Crippen molar-refractivity contribution in [2.24, 2.45) is 0 Å². The minimum Gasteiger partial charge on any atom is -0.459 e. The highest BCUT2D eigenvalue weighted by atomic mass is 19.4. The lowest BCUT2D eigenvalue weighted by Crippen LogP contribution is -2.48. The van der Waals surface area contributed by atoms with E-state index in [0.717, 1.165) is 0 Å². The summed E-state index contributed by atoms with van der Waals surface area (Å²) in [5.74, 6) is -0.522. The maximum Gasteiger partial charge on any atom is 0.419 e. The standard InChI is InChI=1S/C14H21F3O4/c1-9(2)11(18)21-10-5-6-12(3,7-10)20-8-13(4,19)14(15,16)17/h10,19H,1,5-8H2,2-4H3. The zero-order chi connectivity index (χ0) is 16.5. The molecule has 3 atom stereocenters. The first-order valence-electron chi connectivity index (χ1n) is 6.66. The summed E-state index contributed by atoms with van der Waals surface area (Å²) < 4.78 is 48.1. The molecule has 0 bridgehead atoms. The molecule has 1 rings (SSSR count). The Balaban J connectivity index is 2.54. The van der Waals surface area contributed by atoms with Gasteiger partial charge in [0.15, 0.2) is 5.60 Å². The summed E-state index contributed by atoms with van der Waals surface area (Å²) in [6.45, 7) is 6.45. The number of rotatable bonds is 5. The molecule has 0 saturated heterocycles. The largest absolute Gasteiger partial charge is 0.459 e. The fourth-order valence-electron chi connectivity index (χ4n) is 2.03. The fraction of sp³-hybridized carbons (Fsp3) is 0.786. The highest BCUT2D eigenvalue weighted by Gasteiger charge is 2.51. The normalized spacial score (nSPS) is 29.0. The van der Waals surface area contributed by atoms with E-state index in [1.54, 1.807) is 6.92 Å². The molecule has 0 heterocycles. The van der Waals surface area contributed by atoms with Gasteiger partial charge in [0, 0.05) is 12.0 Å². The molecule has 1 fully saturated rings. The molecule has 21 heavy (non-hydrogen) atoms. The molecule has 0 spiro atoms. The van der Waals surface area contributed by atoms with E-state index in [1.807, 2.05) is 0 Å². The summed E-state index contributed by atoms with van der Waals surface area (Å²) in [7, 11) is 0. The third-order valence-electron chi connectivity index (χ3n) is 3.59. The van der Waals surface area contributed by atoms with Crippen molar-refractivity contribution in [1.29, 1.82) is 0 Å². The molecule has 0 aromatic carbocycles. The van der Waals surface area contributed by atoms with Crippen LogP contribution in [0, 0.1) is 0 Å². The number of alkyl halides is 3. The number of aliphatic hydroxyl groups is 1. The maximum absolute atomic E-state index is 12.6. The third-order valence-corrected chi connectivity index (χ3v) is 3.59. The number of carbonyl (C=O) groups is 1. The summed E-state index contributed by atoms with van der Waals surface area (Å²) in [5, 5.41) is 9.36. The monoisotopic (exact) mass is 310 g/mol. The molecule has 0 radical (unpaired) electrons. The molecular formula is C14H21F3O4. The van der Waals surface area contributed by atoms with Crippen LogP contribution in [0.1, 0.15) is 40.0 Å². The van der Waals surface area contributed by atoms with Gasteiger partial charge in [-0.05, 0) is 33.6 Å². The average Bonchev–Trinajstić information content (AvgIpc) is 2.68. The van der Waals surface area contributed by atoms with Crippen LogP contribution in [-0.4, -0.2) is 41.2 Å². The van der Waals surface area contributed by atoms with Gasteiger partial charge in [-0.15, -0.1) is 0 Å². The minimum absolute atomic E-state index is 0.268. The van der Waals surface area contributed by atoms with Gasteiger partial charge in [-0.3, -0.25) is 0 Å². The van der Waals surface area contributed by atoms with Gasteiger partial charge in [-0.1, -0.05) is 6.58 Å². The summed E-state index contributed by atoms with van der Waals surface area (Å²) in [5.41, 5.74) is -3.48. The molecule has 0 aliphatic heterocycles. The minimum atomic E-state index is -4.76. The van der Waals surface area contributed by atoms with Gasteiger partial charge in [0.2, 0.25) is 0 Å². The Morgan fingerprint density at radius 2 is 2.05 bits per heavy atom. The van der Waals surface area contributed by atoms with Gasteiger partial charge in [-0.25, -0.2) is 4.79 Å². The number of hydrogen-bond acceptors (Lipinski definition) is 4. The van der Waals surface area contributed by atoms with Gasteiger partial charge >= 0.3 is 12.1 Å². The highest BCUT2D eigenvalue weighted by molar-refractivity contribution is 5.87. The van der Waals surface area contributed by atoms with Crippen LogP contribution in [0.2, 0.25) is 0 Å². The van der Waals surface area contributed by atoms with Gasteiger partial charge in [0.05, 0.1) is 12.2 Å². The lowest BCUT2D eigenvalue weighted by atomic mass is 10.0. The van der Waals surface area contributed by atoms with Crippen LogP contribution in [0.3, 0.4) is 0 Å². The summed E-state index contributed by atoms with van der Waals surface area (Å²) >= 11 is 0. The lowest BCUT2D eigenvalue weighted by Gasteiger charge is -2.32. The number of hydrogen-bond donors (Lipinski definition) is 1. The van der Waals surface area contributed by atoms with Gasteiger partial charge in [0.1, 0.15) is 6.10 Å². The van der Waals surface area contributed by atoms with Gasteiger partial charge in [-0.2, -0.15) is 13.2 Å². The number of esters is 1. The number of halogens is 3. The van der Waals surface area contributed by atoms with E-state index in [-0.39, 0.29) is 5.57 Å². The first kappa shape index (κ1) is 18.0.